The Hall–Kier alpha value is -2.25. The molecule has 0 amide bonds. The number of methoxy groups -OCH3 is 1. The second-order valence-corrected chi connectivity index (χ2v) is 8.72. The van der Waals surface area contributed by atoms with Crippen molar-refractivity contribution >= 4 is 22.6 Å². The van der Waals surface area contributed by atoms with Crippen molar-refractivity contribution in [2.24, 2.45) is 0 Å². The molecule has 1 heterocycles. The van der Waals surface area contributed by atoms with Crippen LogP contribution in [0.4, 0.5) is 0 Å². The molecule has 4 rings (SSSR count). The van der Waals surface area contributed by atoms with Crippen molar-refractivity contribution in [2.75, 3.05) is 7.11 Å². The summed E-state index contributed by atoms with van der Waals surface area (Å²) in [5.41, 5.74) is 3.18. The Morgan fingerprint density at radius 3 is 1.51 bits per heavy atom. The van der Waals surface area contributed by atoms with Gasteiger partial charge in [-0.1, -0.05) is 96.9 Å². The van der Waals surface area contributed by atoms with Crippen LogP contribution >= 0.6 is 22.6 Å². The van der Waals surface area contributed by atoms with Gasteiger partial charge in [0.25, 0.3) is 0 Å². The minimum atomic E-state index is -0.654. The molecule has 0 bridgehead atoms. The molecule has 6 heteroatoms. The molecule has 1 saturated heterocycles. The van der Waals surface area contributed by atoms with Crippen molar-refractivity contribution in [2.45, 2.75) is 50.5 Å². The van der Waals surface area contributed by atoms with Gasteiger partial charge >= 0.3 is 0 Å². The third-order valence-electron chi connectivity index (χ3n) is 5.78. The van der Waals surface area contributed by atoms with E-state index in [-0.39, 0.29) is 0 Å². The van der Waals surface area contributed by atoms with Crippen LogP contribution in [-0.2, 0) is 43.5 Å². The third kappa shape index (κ3) is 7.37. The highest BCUT2D eigenvalue weighted by molar-refractivity contribution is 14.1. The summed E-state index contributed by atoms with van der Waals surface area (Å²) in [4.78, 5) is 0. The van der Waals surface area contributed by atoms with Gasteiger partial charge in [-0.25, -0.2) is 0 Å². The van der Waals surface area contributed by atoms with Gasteiger partial charge in [0, 0.05) is 29.7 Å². The van der Waals surface area contributed by atoms with E-state index in [0.717, 1.165) is 16.7 Å². The highest BCUT2D eigenvalue weighted by Gasteiger charge is 2.48. The molecular weight excluding hydrogens is 555 g/mol. The van der Waals surface area contributed by atoms with Crippen LogP contribution in [0.5, 0.6) is 0 Å². The lowest BCUT2D eigenvalue weighted by Crippen LogP contribution is -2.60. The summed E-state index contributed by atoms with van der Waals surface area (Å²) in [6.45, 7) is 1.21. The molecule has 3 aromatic carbocycles. The monoisotopic (exact) mass is 584 g/mol. The van der Waals surface area contributed by atoms with Crippen molar-refractivity contribution < 1.29 is 23.7 Å². The van der Waals surface area contributed by atoms with Gasteiger partial charge in [0.05, 0.1) is 19.8 Å². The normalized spacial score (nSPS) is 23.9. The first-order chi connectivity index (χ1) is 17.3. The number of hydrogen-bond donors (Lipinski definition) is 0. The lowest BCUT2D eigenvalue weighted by atomic mass is 9.98. The van der Waals surface area contributed by atoms with Crippen molar-refractivity contribution in [1.29, 1.82) is 0 Å². The molecule has 0 aliphatic carbocycles. The summed E-state index contributed by atoms with van der Waals surface area (Å²) in [7, 11) is 1.61. The van der Waals surface area contributed by atoms with Crippen LogP contribution in [0.1, 0.15) is 16.7 Å². The molecule has 0 saturated carbocycles. The maximum Gasteiger partial charge on any atom is 0.187 e. The minimum Gasteiger partial charge on any atom is -0.368 e. The maximum absolute atomic E-state index is 6.50. The first-order valence-electron chi connectivity index (χ1n) is 11.5. The third-order valence-corrected chi connectivity index (χ3v) is 6.09. The van der Waals surface area contributed by atoms with Crippen LogP contribution in [-0.4, -0.2) is 37.8 Å². The van der Waals surface area contributed by atoms with Gasteiger partial charge in [-0.2, -0.15) is 0 Å². The fraction of sp³-hybridized carbons (Fsp3) is 0.310. The predicted octanol–water partition coefficient (Wildman–Crippen LogP) is 5.51. The Morgan fingerprint density at radius 2 is 1.09 bits per heavy atom. The van der Waals surface area contributed by atoms with Crippen LogP contribution in [0, 0.1) is 9.85 Å². The van der Waals surface area contributed by atoms with Crippen LogP contribution < -0.4 is 0 Å². The van der Waals surface area contributed by atoms with Gasteiger partial charge in [-0.05, 0) is 20.6 Å². The van der Waals surface area contributed by atoms with Gasteiger partial charge in [0.1, 0.15) is 18.3 Å². The van der Waals surface area contributed by atoms with E-state index in [2.05, 4.69) is 9.85 Å². The first kappa shape index (κ1) is 25.8. The lowest BCUT2D eigenvalue weighted by Gasteiger charge is -2.44. The Kier molecular flexibility index (Phi) is 10.1. The highest BCUT2D eigenvalue weighted by Crippen LogP contribution is 2.30. The Balaban J connectivity index is 1.59. The molecule has 1 aliphatic heterocycles. The molecule has 3 aromatic rings. The second-order valence-electron chi connectivity index (χ2n) is 8.18. The standard InChI is InChI=1S/C29H29IO5/c1-31-29-28(34-21-24-15-9-4-10-16-24)27(33-20-23-13-7-3-8-14-23)26(25(35-29)17-18-30)32-19-22-11-5-2-6-12-22/h2-16,25-29H,19-21H2,1H3/t25?,26-,27?,28?,29+/m1/s1. The van der Waals surface area contributed by atoms with Crippen LogP contribution in [0.25, 0.3) is 0 Å². The summed E-state index contributed by atoms with van der Waals surface area (Å²) >= 11 is 2.02. The molecule has 0 aromatic heterocycles. The second kappa shape index (κ2) is 13.7. The molecule has 0 spiro atoms. The van der Waals surface area contributed by atoms with E-state index in [0.29, 0.717) is 19.8 Å². The number of halogens is 1. The molecule has 5 nitrogen and oxygen atoms in total. The van der Waals surface area contributed by atoms with E-state index < -0.39 is 30.7 Å². The largest absolute Gasteiger partial charge is 0.368 e. The van der Waals surface area contributed by atoms with E-state index in [9.17, 15) is 0 Å². The molecule has 0 radical (unpaired) electrons. The molecule has 5 atom stereocenters. The van der Waals surface area contributed by atoms with Crippen LogP contribution in [0.3, 0.4) is 0 Å². The van der Waals surface area contributed by atoms with Gasteiger partial charge in [0.2, 0.25) is 0 Å². The molecule has 0 N–H and O–H groups in total. The molecule has 3 unspecified atom stereocenters. The number of ether oxygens (including phenoxy) is 5. The van der Waals surface area contributed by atoms with Crippen molar-refractivity contribution in [3.63, 3.8) is 0 Å². The molecule has 35 heavy (non-hydrogen) atoms. The minimum absolute atomic E-state index is 0.397. The number of benzene rings is 3. The van der Waals surface area contributed by atoms with Crippen LogP contribution in [0.15, 0.2) is 91.0 Å². The van der Waals surface area contributed by atoms with E-state index in [4.69, 9.17) is 23.7 Å². The van der Waals surface area contributed by atoms with Gasteiger partial charge < -0.3 is 23.7 Å². The van der Waals surface area contributed by atoms with Gasteiger partial charge in [0.15, 0.2) is 12.4 Å². The molecular formula is C29H29IO5. The average Bonchev–Trinajstić information content (AvgIpc) is 2.92. The van der Waals surface area contributed by atoms with E-state index >= 15 is 0 Å². The van der Waals surface area contributed by atoms with Gasteiger partial charge in [-0.15, -0.1) is 0 Å². The zero-order valence-corrected chi connectivity index (χ0v) is 21.7. The highest BCUT2D eigenvalue weighted by atomic mass is 127. The Morgan fingerprint density at radius 1 is 0.657 bits per heavy atom. The fourth-order valence-corrected chi connectivity index (χ4v) is 4.33. The summed E-state index contributed by atoms with van der Waals surface area (Å²) in [6, 6.07) is 30.1. The average molecular weight is 584 g/mol. The lowest BCUT2D eigenvalue weighted by molar-refractivity contribution is -0.307. The number of hydrogen-bond acceptors (Lipinski definition) is 5. The van der Waals surface area contributed by atoms with Crippen molar-refractivity contribution in [1.82, 2.24) is 0 Å². The van der Waals surface area contributed by atoms with E-state index in [1.807, 2.05) is 114 Å². The first-order valence-corrected chi connectivity index (χ1v) is 12.6. The quantitative estimate of drug-likeness (QED) is 0.233. The SMILES string of the molecule is CO[C@H]1OC(C#CI)[C@@H](OCc2ccccc2)C(OCc2ccccc2)C1OCc1ccccc1. The maximum atomic E-state index is 6.50. The molecule has 182 valence electrons. The zero-order chi connectivity index (χ0) is 24.3. The molecule has 1 aliphatic rings. The zero-order valence-electron chi connectivity index (χ0n) is 19.6. The topological polar surface area (TPSA) is 46.2 Å². The molecule has 1 fully saturated rings. The van der Waals surface area contributed by atoms with E-state index in [1.165, 1.54) is 0 Å². The summed E-state index contributed by atoms with van der Waals surface area (Å²) in [5, 5.41) is 0. The van der Waals surface area contributed by atoms with Crippen LogP contribution in [0.2, 0.25) is 0 Å². The summed E-state index contributed by atoms with van der Waals surface area (Å²) in [6.07, 6.45) is -2.65. The Bertz CT molecular complexity index is 1070. The number of rotatable bonds is 10. The Labute approximate surface area is 220 Å². The van der Waals surface area contributed by atoms with Gasteiger partial charge in [-0.3, -0.25) is 0 Å². The summed E-state index contributed by atoms with van der Waals surface area (Å²) < 4.78 is 34.2. The smallest absolute Gasteiger partial charge is 0.187 e. The van der Waals surface area contributed by atoms with E-state index in [1.54, 1.807) is 7.11 Å². The summed E-state index contributed by atoms with van der Waals surface area (Å²) in [5.74, 6) is 3.13. The fourth-order valence-electron chi connectivity index (χ4n) is 4.02. The van der Waals surface area contributed by atoms with Crippen molar-refractivity contribution in [3.05, 3.63) is 108 Å². The van der Waals surface area contributed by atoms with Crippen molar-refractivity contribution in [3.8, 4) is 9.85 Å². The predicted molar refractivity (Wildman–Crippen MR) is 143 cm³/mol.